The number of aromatic amines is 1. The second-order valence-electron chi connectivity index (χ2n) is 9.10. The number of aromatic nitrogens is 1. The molecule has 39 heavy (non-hydrogen) atoms. The third-order valence-electron chi connectivity index (χ3n) is 5.95. The largest absolute Gasteiger partial charge is 0.480 e. The number of hydrogen-bond donors (Lipinski definition) is 8. The zero-order valence-electron chi connectivity index (χ0n) is 22.1. The van der Waals surface area contributed by atoms with Crippen molar-refractivity contribution in [2.24, 2.45) is 22.2 Å². The summed E-state index contributed by atoms with van der Waals surface area (Å²) in [4.78, 5) is 57.7. The van der Waals surface area contributed by atoms with Crippen LogP contribution in [0.1, 0.15) is 31.7 Å². The van der Waals surface area contributed by atoms with Crippen LogP contribution in [-0.4, -0.2) is 82.5 Å². The summed E-state index contributed by atoms with van der Waals surface area (Å²) in [6.07, 6.45) is 4.37. The molecule has 214 valence electrons. The predicted octanol–water partition coefficient (Wildman–Crippen LogP) is -0.597. The van der Waals surface area contributed by atoms with Gasteiger partial charge in [-0.25, -0.2) is 4.79 Å². The van der Waals surface area contributed by atoms with E-state index in [4.69, 9.17) is 17.2 Å². The lowest BCUT2D eigenvalue weighted by Crippen LogP contribution is -2.57. The number of nitrogens with two attached hydrogens (primary N) is 3. The number of H-pyrrole nitrogens is 1. The number of para-hydroxylation sites is 1. The van der Waals surface area contributed by atoms with Crippen LogP contribution in [0.4, 0.5) is 0 Å². The van der Waals surface area contributed by atoms with Crippen molar-refractivity contribution < 1.29 is 24.3 Å². The maximum atomic E-state index is 13.3. The Bertz CT molecular complexity index is 1160. The molecule has 0 fully saturated rings. The number of guanidine groups is 1. The summed E-state index contributed by atoms with van der Waals surface area (Å²) in [5, 5.41) is 18.5. The summed E-state index contributed by atoms with van der Waals surface area (Å²) in [7, 11) is 0. The number of benzene rings is 1. The van der Waals surface area contributed by atoms with Crippen LogP contribution in [0.3, 0.4) is 0 Å². The first kappa shape index (κ1) is 31.4. The van der Waals surface area contributed by atoms with Gasteiger partial charge in [0.15, 0.2) is 5.96 Å². The number of amides is 3. The molecule has 1 aromatic heterocycles. The molecule has 14 heteroatoms. The number of carbonyl (C=O) groups is 4. The van der Waals surface area contributed by atoms with Gasteiger partial charge in [-0.3, -0.25) is 19.4 Å². The van der Waals surface area contributed by atoms with Crippen molar-refractivity contribution in [3.63, 3.8) is 0 Å². The minimum absolute atomic E-state index is 0.0283. The number of aliphatic imine (C=N–C) groups is 1. The Morgan fingerprint density at radius 2 is 1.62 bits per heavy atom. The van der Waals surface area contributed by atoms with Gasteiger partial charge < -0.3 is 43.2 Å². The molecule has 0 bridgehead atoms. The van der Waals surface area contributed by atoms with Crippen molar-refractivity contribution in [3.05, 3.63) is 36.0 Å². The minimum Gasteiger partial charge on any atom is -0.480 e. The number of thioether (sulfide) groups is 1. The molecule has 2 aromatic rings. The molecular weight excluding hydrogens is 524 g/mol. The van der Waals surface area contributed by atoms with Crippen LogP contribution >= 0.6 is 11.8 Å². The van der Waals surface area contributed by atoms with Gasteiger partial charge in [-0.15, -0.1) is 0 Å². The van der Waals surface area contributed by atoms with E-state index in [2.05, 4.69) is 25.9 Å². The number of carboxylic acid groups (broad SMARTS) is 1. The third-order valence-corrected chi connectivity index (χ3v) is 6.59. The van der Waals surface area contributed by atoms with Crippen molar-refractivity contribution in [3.8, 4) is 0 Å². The Balaban J connectivity index is 2.20. The lowest BCUT2D eigenvalue weighted by Gasteiger charge is -2.25. The molecule has 2 rings (SSSR count). The highest BCUT2D eigenvalue weighted by atomic mass is 32.2. The van der Waals surface area contributed by atoms with Gasteiger partial charge in [-0.05, 0) is 49.8 Å². The fourth-order valence-corrected chi connectivity index (χ4v) is 4.32. The van der Waals surface area contributed by atoms with Gasteiger partial charge in [0.2, 0.25) is 17.7 Å². The average molecular weight is 563 g/mol. The van der Waals surface area contributed by atoms with Gasteiger partial charge in [0.1, 0.15) is 18.1 Å². The van der Waals surface area contributed by atoms with Crippen LogP contribution in [0.5, 0.6) is 0 Å². The van der Waals surface area contributed by atoms with Gasteiger partial charge in [0.05, 0.1) is 6.04 Å². The van der Waals surface area contributed by atoms with E-state index < -0.39 is 47.9 Å². The third kappa shape index (κ3) is 10.1. The fourth-order valence-electron chi connectivity index (χ4n) is 3.85. The van der Waals surface area contributed by atoms with Gasteiger partial charge in [0, 0.05) is 30.1 Å². The number of fused-ring (bicyclic) bond motifs is 1. The zero-order chi connectivity index (χ0) is 28.9. The number of hydrogen-bond acceptors (Lipinski definition) is 7. The SMILES string of the molecule is CSCCC(NC(=O)C(C)N)C(=O)NC(CCCN=C(N)N)C(=O)NC(Cc1c[nH]c2ccccc12)C(=O)O. The Morgan fingerprint density at radius 1 is 1.00 bits per heavy atom. The van der Waals surface area contributed by atoms with Gasteiger partial charge in [-0.1, -0.05) is 18.2 Å². The zero-order valence-corrected chi connectivity index (χ0v) is 22.9. The van der Waals surface area contributed by atoms with E-state index in [1.165, 1.54) is 18.7 Å². The minimum atomic E-state index is -1.25. The summed E-state index contributed by atoms with van der Waals surface area (Å²) in [6.45, 7) is 1.70. The first-order chi connectivity index (χ1) is 18.5. The van der Waals surface area contributed by atoms with Crippen molar-refractivity contribution in [2.45, 2.75) is 56.8 Å². The van der Waals surface area contributed by atoms with E-state index in [0.717, 1.165) is 16.5 Å². The Morgan fingerprint density at radius 3 is 2.23 bits per heavy atom. The van der Waals surface area contributed by atoms with Gasteiger partial charge >= 0.3 is 5.97 Å². The van der Waals surface area contributed by atoms with Crippen LogP contribution in [0.2, 0.25) is 0 Å². The molecule has 4 atom stereocenters. The highest BCUT2D eigenvalue weighted by molar-refractivity contribution is 7.98. The number of nitrogens with one attached hydrogen (secondary N) is 4. The topological polar surface area (TPSA) is 231 Å². The van der Waals surface area contributed by atoms with Crippen LogP contribution in [-0.2, 0) is 25.6 Å². The fraction of sp³-hybridized carbons (Fsp3) is 0.480. The maximum absolute atomic E-state index is 13.3. The number of nitrogens with zero attached hydrogens (tertiary/aromatic N) is 1. The van der Waals surface area contributed by atoms with Crippen molar-refractivity contribution >= 4 is 52.3 Å². The van der Waals surface area contributed by atoms with E-state index in [0.29, 0.717) is 18.6 Å². The van der Waals surface area contributed by atoms with Crippen LogP contribution in [0.15, 0.2) is 35.5 Å². The van der Waals surface area contributed by atoms with Crippen LogP contribution in [0, 0.1) is 0 Å². The molecule has 1 heterocycles. The molecule has 0 aliphatic carbocycles. The summed E-state index contributed by atoms with van der Waals surface area (Å²) in [5.74, 6) is -2.52. The molecule has 3 amide bonds. The quantitative estimate of drug-likeness (QED) is 0.0740. The first-order valence-electron chi connectivity index (χ1n) is 12.5. The number of rotatable bonds is 16. The van der Waals surface area contributed by atoms with Gasteiger partial charge in [-0.2, -0.15) is 11.8 Å². The maximum Gasteiger partial charge on any atom is 0.326 e. The van der Waals surface area contributed by atoms with E-state index in [-0.39, 0.29) is 25.3 Å². The molecule has 1 aromatic carbocycles. The first-order valence-corrected chi connectivity index (χ1v) is 13.9. The Labute approximate surface area is 231 Å². The summed E-state index contributed by atoms with van der Waals surface area (Å²) >= 11 is 1.49. The van der Waals surface area contributed by atoms with E-state index in [1.54, 1.807) is 6.20 Å². The highest BCUT2D eigenvalue weighted by Gasteiger charge is 2.30. The summed E-state index contributed by atoms with van der Waals surface area (Å²) < 4.78 is 0. The predicted molar refractivity (Wildman–Crippen MR) is 152 cm³/mol. The van der Waals surface area contributed by atoms with E-state index in [9.17, 15) is 24.3 Å². The smallest absolute Gasteiger partial charge is 0.326 e. The second-order valence-corrected chi connectivity index (χ2v) is 10.1. The van der Waals surface area contributed by atoms with Crippen molar-refractivity contribution in [2.75, 3.05) is 18.6 Å². The van der Waals surface area contributed by atoms with Crippen molar-refractivity contribution in [1.29, 1.82) is 0 Å². The lowest BCUT2D eigenvalue weighted by molar-refractivity contribution is -0.142. The van der Waals surface area contributed by atoms with Gasteiger partial charge in [0.25, 0.3) is 0 Å². The van der Waals surface area contributed by atoms with Crippen LogP contribution < -0.4 is 33.2 Å². The molecular formula is C25H38N8O5S. The van der Waals surface area contributed by atoms with E-state index >= 15 is 0 Å². The summed E-state index contributed by atoms with van der Waals surface area (Å²) in [5.41, 5.74) is 17.9. The average Bonchev–Trinajstić information content (AvgIpc) is 3.29. The molecule has 13 nitrogen and oxygen atoms in total. The monoisotopic (exact) mass is 562 g/mol. The van der Waals surface area contributed by atoms with E-state index in [1.807, 2.05) is 30.5 Å². The second kappa shape index (κ2) is 15.6. The van der Waals surface area contributed by atoms with Crippen LogP contribution in [0.25, 0.3) is 10.9 Å². The molecule has 0 aliphatic heterocycles. The molecule has 11 N–H and O–H groups in total. The summed E-state index contributed by atoms with van der Waals surface area (Å²) in [6, 6.07) is 3.33. The molecule has 0 aliphatic rings. The van der Waals surface area contributed by atoms with Crippen molar-refractivity contribution in [1.82, 2.24) is 20.9 Å². The normalized spacial score (nSPS) is 14.0. The number of aliphatic carboxylic acids is 1. The molecule has 0 saturated heterocycles. The standard InChI is InChI=1S/C25H38N8O5S/c1-14(26)21(34)31-19(9-11-39-2)23(36)32-18(8-5-10-29-25(27)28)22(35)33-20(24(37)38)12-15-13-30-17-7-4-3-6-16(15)17/h3-4,6-7,13-14,18-20,30H,5,8-12,26H2,1-2H3,(H,31,34)(H,32,36)(H,33,35)(H,37,38)(H4,27,28,29). The molecule has 4 unspecified atom stereocenters. The Hall–Kier alpha value is -3.78. The highest BCUT2D eigenvalue weighted by Crippen LogP contribution is 2.19. The molecule has 0 spiro atoms. The Kier molecular flexibility index (Phi) is 12.6. The lowest BCUT2D eigenvalue weighted by atomic mass is 10.0. The molecule has 0 radical (unpaired) electrons. The number of carbonyl (C=O) groups excluding carboxylic acids is 3. The number of carboxylic acids is 1. The molecule has 0 saturated carbocycles.